The third kappa shape index (κ3) is 10.7. The fraction of sp³-hybridized carbons (Fsp3) is 0.964. The van der Waals surface area contributed by atoms with Crippen LogP contribution in [0.25, 0.3) is 0 Å². The monoisotopic (exact) mass is 424 g/mol. The number of ether oxygens (including phenoxy) is 1. The van der Waals surface area contributed by atoms with Crippen molar-refractivity contribution in [1.82, 2.24) is 0 Å². The normalized spacial score (nSPS) is 16.6. The van der Waals surface area contributed by atoms with E-state index in [4.69, 9.17) is 4.74 Å². The SMILES string of the molecule is CCCCCCCCC(C(=O)OC(C)CCCC)(C(C)CCCC)C(C)CCCC. The molecule has 0 aliphatic carbocycles. The zero-order chi connectivity index (χ0) is 22.8. The second-order valence-corrected chi connectivity index (χ2v) is 10.0. The Labute approximate surface area is 190 Å². The quantitative estimate of drug-likeness (QED) is 0.144. The smallest absolute Gasteiger partial charge is 0.312 e. The Morgan fingerprint density at radius 1 is 0.633 bits per heavy atom. The minimum absolute atomic E-state index is 0.0399. The number of carbonyl (C=O) groups is 1. The van der Waals surface area contributed by atoms with Gasteiger partial charge < -0.3 is 4.74 Å². The highest BCUT2D eigenvalue weighted by atomic mass is 16.5. The highest BCUT2D eigenvalue weighted by Crippen LogP contribution is 2.47. The summed E-state index contributed by atoms with van der Waals surface area (Å²) in [6, 6.07) is 0. The van der Waals surface area contributed by atoms with Gasteiger partial charge in [0.2, 0.25) is 0 Å². The van der Waals surface area contributed by atoms with Crippen LogP contribution in [0, 0.1) is 17.3 Å². The molecule has 0 aromatic rings. The van der Waals surface area contributed by atoms with Crippen molar-refractivity contribution in [1.29, 1.82) is 0 Å². The molecular formula is C28H56O2. The summed E-state index contributed by atoms with van der Waals surface area (Å²) in [7, 11) is 0. The van der Waals surface area contributed by atoms with Crippen molar-refractivity contribution in [2.45, 2.75) is 157 Å². The van der Waals surface area contributed by atoms with E-state index in [1.54, 1.807) is 0 Å². The molecule has 0 N–H and O–H groups in total. The summed E-state index contributed by atoms with van der Waals surface area (Å²) >= 11 is 0. The molecule has 0 saturated carbocycles. The van der Waals surface area contributed by atoms with E-state index >= 15 is 0 Å². The van der Waals surface area contributed by atoms with Crippen LogP contribution in [0.1, 0.15) is 151 Å². The first-order valence-electron chi connectivity index (χ1n) is 13.6. The highest BCUT2D eigenvalue weighted by Gasteiger charge is 2.48. The average molecular weight is 425 g/mol. The fourth-order valence-electron chi connectivity index (χ4n) is 5.06. The van der Waals surface area contributed by atoms with E-state index in [9.17, 15) is 4.79 Å². The van der Waals surface area contributed by atoms with Crippen LogP contribution >= 0.6 is 0 Å². The number of rotatable bonds is 20. The number of esters is 1. The standard InChI is InChI=1S/C28H56O2/c1-8-12-16-17-18-19-23-28(24(5)20-13-9-2,25(6)21-14-10-3)27(29)30-26(7)22-15-11-4/h24-26H,8-23H2,1-7H3. The molecule has 0 amide bonds. The van der Waals surface area contributed by atoms with Crippen molar-refractivity contribution in [3.8, 4) is 0 Å². The van der Waals surface area contributed by atoms with Gasteiger partial charge in [0.25, 0.3) is 0 Å². The summed E-state index contributed by atoms with van der Waals surface area (Å²) in [4.78, 5) is 13.8. The van der Waals surface area contributed by atoms with E-state index < -0.39 is 0 Å². The Morgan fingerprint density at radius 2 is 1.07 bits per heavy atom. The molecule has 0 fully saturated rings. The maximum atomic E-state index is 13.8. The first-order valence-corrected chi connectivity index (χ1v) is 13.6. The largest absolute Gasteiger partial charge is 0.462 e. The van der Waals surface area contributed by atoms with Gasteiger partial charge in [0, 0.05) is 0 Å². The number of carbonyl (C=O) groups excluding carboxylic acids is 1. The molecule has 3 atom stereocenters. The summed E-state index contributed by atoms with van der Waals surface area (Å²) in [5.41, 5.74) is -0.310. The van der Waals surface area contributed by atoms with Gasteiger partial charge in [-0.05, 0) is 44.4 Å². The predicted octanol–water partition coefficient (Wildman–Crippen LogP) is 9.50. The Kier molecular flexibility index (Phi) is 17.8. The molecule has 2 heteroatoms. The van der Waals surface area contributed by atoms with Crippen LogP contribution in [-0.4, -0.2) is 12.1 Å². The lowest BCUT2D eigenvalue weighted by Gasteiger charge is -2.43. The van der Waals surface area contributed by atoms with Gasteiger partial charge in [-0.2, -0.15) is 0 Å². The van der Waals surface area contributed by atoms with Gasteiger partial charge in [-0.3, -0.25) is 4.79 Å². The highest BCUT2D eigenvalue weighted by molar-refractivity contribution is 5.77. The van der Waals surface area contributed by atoms with Gasteiger partial charge in [-0.1, -0.05) is 119 Å². The second kappa shape index (κ2) is 18.1. The average Bonchev–Trinajstić information content (AvgIpc) is 2.73. The lowest BCUT2D eigenvalue weighted by atomic mass is 9.62. The minimum atomic E-state index is -0.310. The van der Waals surface area contributed by atoms with Crippen molar-refractivity contribution in [2.75, 3.05) is 0 Å². The fourth-order valence-corrected chi connectivity index (χ4v) is 5.06. The van der Waals surface area contributed by atoms with E-state index in [1.807, 2.05) is 0 Å². The molecule has 0 saturated heterocycles. The first kappa shape index (κ1) is 29.5. The van der Waals surface area contributed by atoms with Crippen molar-refractivity contribution >= 4 is 5.97 Å². The Bertz CT molecular complexity index is 389. The van der Waals surface area contributed by atoms with Crippen LogP contribution < -0.4 is 0 Å². The molecule has 0 aliphatic heterocycles. The molecule has 0 radical (unpaired) electrons. The summed E-state index contributed by atoms with van der Waals surface area (Å²) in [5, 5.41) is 0. The second-order valence-electron chi connectivity index (χ2n) is 10.0. The molecule has 0 heterocycles. The van der Waals surface area contributed by atoms with Crippen LogP contribution in [0.4, 0.5) is 0 Å². The molecule has 0 aromatic carbocycles. The number of hydrogen-bond donors (Lipinski definition) is 0. The van der Waals surface area contributed by atoms with Gasteiger partial charge >= 0.3 is 5.97 Å². The van der Waals surface area contributed by atoms with Crippen molar-refractivity contribution in [3.05, 3.63) is 0 Å². The minimum Gasteiger partial charge on any atom is -0.462 e. The molecule has 0 aliphatic rings. The van der Waals surface area contributed by atoms with E-state index in [1.165, 1.54) is 57.8 Å². The molecule has 180 valence electrons. The zero-order valence-corrected chi connectivity index (χ0v) is 21.9. The number of hydrogen-bond acceptors (Lipinski definition) is 2. The van der Waals surface area contributed by atoms with Crippen molar-refractivity contribution in [2.24, 2.45) is 17.3 Å². The molecule has 3 unspecified atom stereocenters. The predicted molar refractivity (Wildman–Crippen MR) is 133 cm³/mol. The topological polar surface area (TPSA) is 26.3 Å². The Morgan fingerprint density at radius 3 is 1.57 bits per heavy atom. The molecular weight excluding hydrogens is 368 g/mol. The Hall–Kier alpha value is -0.530. The Balaban J connectivity index is 5.51. The summed E-state index contributed by atoms with van der Waals surface area (Å²) in [6.45, 7) is 15.8. The summed E-state index contributed by atoms with van der Waals surface area (Å²) in [5.74, 6) is 0.906. The van der Waals surface area contributed by atoms with Crippen LogP contribution in [0.2, 0.25) is 0 Å². The summed E-state index contributed by atoms with van der Waals surface area (Å²) < 4.78 is 6.18. The lowest BCUT2D eigenvalue weighted by Crippen LogP contribution is -2.45. The van der Waals surface area contributed by atoms with E-state index in [0.717, 1.165) is 44.9 Å². The van der Waals surface area contributed by atoms with Gasteiger partial charge in [-0.15, -0.1) is 0 Å². The van der Waals surface area contributed by atoms with E-state index in [-0.39, 0.29) is 17.5 Å². The van der Waals surface area contributed by atoms with Gasteiger partial charge in [-0.25, -0.2) is 0 Å². The maximum absolute atomic E-state index is 13.8. The lowest BCUT2D eigenvalue weighted by molar-refractivity contribution is -0.170. The van der Waals surface area contributed by atoms with Crippen LogP contribution in [-0.2, 0) is 9.53 Å². The van der Waals surface area contributed by atoms with Crippen molar-refractivity contribution in [3.63, 3.8) is 0 Å². The zero-order valence-electron chi connectivity index (χ0n) is 21.9. The van der Waals surface area contributed by atoms with Crippen LogP contribution in [0.15, 0.2) is 0 Å². The van der Waals surface area contributed by atoms with Gasteiger partial charge in [0.1, 0.15) is 0 Å². The van der Waals surface area contributed by atoms with Crippen LogP contribution in [0.3, 0.4) is 0 Å². The third-order valence-electron chi connectivity index (χ3n) is 7.34. The molecule has 2 nitrogen and oxygen atoms in total. The molecule has 30 heavy (non-hydrogen) atoms. The molecule has 0 rings (SSSR count). The molecule has 0 spiro atoms. The van der Waals surface area contributed by atoms with Crippen LogP contribution in [0.5, 0.6) is 0 Å². The summed E-state index contributed by atoms with van der Waals surface area (Å²) in [6.07, 6.45) is 19.1. The number of unbranched alkanes of at least 4 members (excludes halogenated alkanes) is 8. The third-order valence-corrected chi connectivity index (χ3v) is 7.34. The van der Waals surface area contributed by atoms with Crippen molar-refractivity contribution < 1.29 is 9.53 Å². The van der Waals surface area contributed by atoms with E-state index in [2.05, 4.69) is 48.5 Å². The molecule has 0 aromatic heterocycles. The first-order chi connectivity index (χ1) is 14.4. The van der Waals surface area contributed by atoms with E-state index in [0.29, 0.717) is 11.8 Å². The maximum Gasteiger partial charge on any atom is 0.312 e. The molecule has 0 bridgehead atoms. The van der Waals surface area contributed by atoms with Gasteiger partial charge in [0.05, 0.1) is 11.5 Å². The van der Waals surface area contributed by atoms with Gasteiger partial charge in [0.15, 0.2) is 0 Å².